The number of hydrogen-bond donors (Lipinski definition) is 1. The maximum Gasteiger partial charge on any atom is 0.416 e. The van der Waals surface area contributed by atoms with E-state index < -0.39 is 29.0 Å². The number of halogens is 6. The van der Waals surface area contributed by atoms with Crippen LogP contribution in [0.25, 0.3) is 0 Å². The lowest BCUT2D eigenvalue weighted by Gasteiger charge is -2.26. The van der Waals surface area contributed by atoms with Crippen LogP contribution >= 0.6 is 0 Å². The standard InChI is InChI=1S/C12H13F6N/c1-10(2,19-3)7-4-8(11(13,14)15)6-9(5-7)12(16,17)18/h4-6,19H,1-3H3. The molecule has 0 unspecified atom stereocenters. The van der Waals surface area contributed by atoms with Crippen LogP contribution in [-0.2, 0) is 17.9 Å². The van der Waals surface area contributed by atoms with E-state index in [2.05, 4.69) is 5.32 Å². The van der Waals surface area contributed by atoms with Gasteiger partial charge in [0, 0.05) is 5.54 Å². The molecule has 1 aromatic carbocycles. The van der Waals surface area contributed by atoms with Crippen molar-refractivity contribution < 1.29 is 26.3 Å². The summed E-state index contributed by atoms with van der Waals surface area (Å²) in [5, 5.41) is 2.68. The van der Waals surface area contributed by atoms with E-state index in [1.54, 1.807) is 0 Å². The molecule has 0 saturated heterocycles. The lowest BCUT2D eigenvalue weighted by molar-refractivity contribution is -0.143. The van der Waals surface area contributed by atoms with Crippen molar-refractivity contribution in [1.29, 1.82) is 0 Å². The second-order valence-electron chi connectivity index (χ2n) is 4.67. The van der Waals surface area contributed by atoms with E-state index in [9.17, 15) is 26.3 Å². The van der Waals surface area contributed by atoms with Gasteiger partial charge in [0.05, 0.1) is 11.1 Å². The number of alkyl halides is 6. The second-order valence-corrected chi connectivity index (χ2v) is 4.67. The number of nitrogens with one attached hydrogen (secondary N) is 1. The van der Waals surface area contributed by atoms with Gasteiger partial charge in [-0.05, 0) is 44.7 Å². The Morgan fingerprint density at radius 2 is 1.05 bits per heavy atom. The molecule has 19 heavy (non-hydrogen) atoms. The highest BCUT2D eigenvalue weighted by Gasteiger charge is 2.38. The van der Waals surface area contributed by atoms with Crippen LogP contribution in [0.1, 0.15) is 30.5 Å². The van der Waals surface area contributed by atoms with Gasteiger partial charge in [0.25, 0.3) is 0 Å². The van der Waals surface area contributed by atoms with Crippen molar-refractivity contribution in [3.8, 4) is 0 Å². The van der Waals surface area contributed by atoms with E-state index in [4.69, 9.17) is 0 Å². The van der Waals surface area contributed by atoms with Gasteiger partial charge in [-0.1, -0.05) is 0 Å². The van der Waals surface area contributed by atoms with Crippen LogP contribution in [-0.4, -0.2) is 7.05 Å². The normalized spacial score (nSPS) is 13.7. The summed E-state index contributed by atoms with van der Waals surface area (Å²) in [6, 6.07) is 1.58. The highest BCUT2D eigenvalue weighted by atomic mass is 19.4. The topological polar surface area (TPSA) is 12.0 Å². The van der Waals surface area contributed by atoms with Crippen LogP contribution in [0.15, 0.2) is 18.2 Å². The molecule has 0 saturated carbocycles. The number of rotatable bonds is 2. The van der Waals surface area contributed by atoms with Gasteiger partial charge in [-0.2, -0.15) is 26.3 Å². The summed E-state index contributed by atoms with van der Waals surface area (Å²) in [6.07, 6.45) is -9.64. The fraction of sp³-hybridized carbons (Fsp3) is 0.500. The molecule has 0 aliphatic heterocycles. The monoisotopic (exact) mass is 285 g/mol. The number of benzene rings is 1. The molecular formula is C12H13F6N. The van der Waals surface area contributed by atoms with Crippen LogP contribution in [0.5, 0.6) is 0 Å². The fourth-order valence-corrected chi connectivity index (χ4v) is 1.46. The van der Waals surface area contributed by atoms with Gasteiger partial charge < -0.3 is 5.32 Å². The Morgan fingerprint density at radius 3 is 1.32 bits per heavy atom. The van der Waals surface area contributed by atoms with Crippen LogP contribution in [0.3, 0.4) is 0 Å². The lowest BCUT2D eigenvalue weighted by atomic mass is 9.91. The van der Waals surface area contributed by atoms with Crippen molar-refractivity contribution in [2.45, 2.75) is 31.7 Å². The van der Waals surface area contributed by atoms with Crippen molar-refractivity contribution in [2.24, 2.45) is 0 Å². The quantitative estimate of drug-likeness (QED) is 0.804. The summed E-state index contributed by atoms with van der Waals surface area (Å²) in [4.78, 5) is 0. The average Bonchev–Trinajstić information content (AvgIpc) is 2.26. The van der Waals surface area contributed by atoms with E-state index in [1.165, 1.54) is 20.9 Å². The molecule has 0 heterocycles. The Kier molecular flexibility index (Phi) is 3.91. The summed E-state index contributed by atoms with van der Waals surface area (Å²) < 4.78 is 75.8. The SMILES string of the molecule is CNC(C)(C)c1cc(C(F)(F)F)cc(C(F)(F)F)c1. The summed E-state index contributed by atoms with van der Waals surface area (Å²) in [6.45, 7) is 3.01. The summed E-state index contributed by atoms with van der Waals surface area (Å²) in [5.74, 6) is 0. The first-order valence-electron chi connectivity index (χ1n) is 5.37. The smallest absolute Gasteiger partial charge is 0.311 e. The van der Waals surface area contributed by atoms with E-state index in [0.717, 1.165) is 12.1 Å². The summed E-state index contributed by atoms with van der Waals surface area (Å²) in [5.41, 5.74) is -3.68. The Bertz CT molecular complexity index is 426. The van der Waals surface area contributed by atoms with Crippen molar-refractivity contribution in [1.82, 2.24) is 5.32 Å². The van der Waals surface area contributed by atoms with Crippen molar-refractivity contribution in [3.63, 3.8) is 0 Å². The van der Waals surface area contributed by atoms with E-state index in [-0.39, 0.29) is 11.6 Å². The predicted molar refractivity (Wildman–Crippen MR) is 58.5 cm³/mol. The van der Waals surface area contributed by atoms with Gasteiger partial charge >= 0.3 is 12.4 Å². The molecule has 7 heteroatoms. The first kappa shape index (κ1) is 15.8. The first-order valence-corrected chi connectivity index (χ1v) is 5.37. The maximum atomic E-state index is 12.6. The minimum absolute atomic E-state index is 0.0721. The summed E-state index contributed by atoms with van der Waals surface area (Å²) in [7, 11) is 1.47. The molecule has 0 fully saturated rings. The third-order valence-corrected chi connectivity index (χ3v) is 2.93. The third-order valence-electron chi connectivity index (χ3n) is 2.93. The molecule has 0 amide bonds. The van der Waals surface area contributed by atoms with Gasteiger partial charge in [0.15, 0.2) is 0 Å². The summed E-state index contributed by atoms with van der Waals surface area (Å²) >= 11 is 0. The lowest BCUT2D eigenvalue weighted by Crippen LogP contribution is -2.33. The Balaban J connectivity index is 3.51. The molecule has 1 aromatic rings. The highest BCUT2D eigenvalue weighted by Crippen LogP contribution is 2.38. The van der Waals surface area contributed by atoms with Crippen LogP contribution < -0.4 is 5.32 Å². The molecule has 0 radical (unpaired) electrons. The zero-order valence-electron chi connectivity index (χ0n) is 10.5. The van der Waals surface area contributed by atoms with Crippen LogP contribution in [0.4, 0.5) is 26.3 Å². The maximum absolute atomic E-state index is 12.6. The molecule has 0 aliphatic rings. The largest absolute Gasteiger partial charge is 0.416 e. The number of hydrogen-bond acceptors (Lipinski definition) is 1. The third kappa shape index (κ3) is 3.62. The van der Waals surface area contributed by atoms with E-state index in [0.29, 0.717) is 0 Å². The predicted octanol–water partition coefficient (Wildman–Crippen LogP) is 4.18. The molecule has 1 N–H and O–H groups in total. The minimum Gasteiger partial charge on any atom is -0.311 e. The molecule has 0 bridgehead atoms. The fourth-order valence-electron chi connectivity index (χ4n) is 1.46. The van der Waals surface area contributed by atoms with Gasteiger partial charge in [-0.15, -0.1) is 0 Å². The Morgan fingerprint density at radius 1 is 0.737 bits per heavy atom. The van der Waals surface area contributed by atoms with Crippen molar-refractivity contribution in [2.75, 3.05) is 7.05 Å². The zero-order chi connectivity index (χ0) is 15.1. The molecule has 0 atom stereocenters. The van der Waals surface area contributed by atoms with E-state index >= 15 is 0 Å². The van der Waals surface area contributed by atoms with Crippen molar-refractivity contribution in [3.05, 3.63) is 34.9 Å². The molecule has 108 valence electrons. The van der Waals surface area contributed by atoms with Gasteiger partial charge in [-0.3, -0.25) is 0 Å². The molecule has 0 spiro atoms. The molecule has 1 nitrogen and oxygen atoms in total. The average molecular weight is 285 g/mol. The van der Waals surface area contributed by atoms with Gasteiger partial charge in [0.2, 0.25) is 0 Å². The zero-order valence-corrected chi connectivity index (χ0v) is 10.5. The van der Waals surface area contributed by atoms with Crippen molar-refractivity contribution >= 4 is 0 Å². The van der Waals surface area contributed by atoms with Crippen LogP contribution in [0.2, 0.25) is 0 Å². The minimum atomic E-state index is -4.82. The molecule has 0 aliphatic carbocycles. The van der Waals surface area contributed by atoms with Gasteiger partial charge in [0.1, 0.15) is 0 Å². The molecule has 0 aromatic heterocycles. The van der Waals surface area contributed by atoms with Gasteiger partial charge in [-0.25, -0.2) is 0 Å². The second kappa shape index (κ2) is 4.70. The Hall–Kier alpha value is -1.24. The highest BCUT2D eigenvalue weighted by molar-refractivity contribution is 5.36. The molecular weight excluding hydrogens is 272 g/mol. The van der Waals surface area contributed by atoms with E-state index in [1.807, 2.05) is 0 Å². The first-order chi connectivity index (χ1) is 8.38. The van der Waals surface area contributed by atoms with Crippen LogP contribution in [0, 0.1) is 0 Å². The Labute approximate surface area is 106 Å². The molecule has 1 rings (SSSR count).